The number of carboxylic acids is 1. The van der Waals surface area contributed by atoms with Crippen molar-refractivity contribution in [2.75, 3.05) is 11.9 Å². The molecule has 0 fully saturated rings. The van der Waals surface area contributed by atoms with E-state index in [9.17, 15) is 4.79 Å². The molecular formula is C18H20ClNO2. The van der Waals surface area contributed by atoms with E-state index in [4.69, 9.17) is 16.7 Å². The third kappa shape index (κ3) is 4.78. The predicted molar refractivity (Wildman–Crippen MR) is 90.8 cm³/mol. The van der Waals surface area contributed by atoms with Crippen molar-refractivity contribution in [3.05, 3.63) is 64.7 Å². The van der Waals surface area contributed by atoms with Gasteiger partial charge in [-0.05, 0) is 55.2 Å². The largest absolute Gasteiger partial charge is 0.481 e. The molecule has 2 aromatic carbocycles. The van der Waals surface area contributed by atoms with E-state index in [1.807, 2.05) is 48.5 Å². The average molecular weight is 318 g/mol. The third-order valence-corrected chi connectivity index (χ3v) is 3.92. The lowest BCUT2D eigenvalue weighted by atomic mass is 10.0. The summed E-state index contributed by atoms with van der Waals surface area (Å²) >= 11 is 5.86. The van der Waals surface area contributed by atoms with Crippen molar-refractivity contribution in [1.29, 1.82) is 0 Å². The standard InChI is InChI=1S/C18H20ClNO2/c1-13(18(21)22)15-6-10-17(11-7-15)20-12-2-3-14-4-8-16(19)9-5-14/h4-11,13,20H,2-3,12H2,1H3,(H,21,22)/t13-/m0/s1. The smallest absolute Gasteiger partial charge is 0.310 e. The number of hydrogen-bond acceptors (Lipinski definition) is 2. The second-order valence-corrected chi connectivity index (χ2v) is 5.78. The molecular weight excluding hydrogens is 298 g/mol. The summed E-state index contributed by atoms with van der Waals surface area (Å²) in [5.41, 5.74) is 3.11. The maximum atomic E-state index is 10.9. The number of carboxylic acid groups (broad SMARTS) is 1. The molecule has 0 saturated heterocycles. The van der Waals surface area contributed by atoms with Crippen LogP contribution in [0.5, 0.6) is 0 Å². The molecule has 1 atom stereocenters. The van der Waals surface area contributed by atoms with Crippen LogP contribution < -0.4 is 5.32 Å². The number of anilines is 1. The van der Waals surface area contributed by atoms with Gasteiger partial charge in [0.1, 0.15) is 0 Å². The van der Waals surface area contributed by atoms with Gasteiger partial charge in [0.25, 0.3) is 0 Å². The lowest BCUT2D eigenvalue weighted by Gasteiger charge is -2.10. The first-order chi connectivity index (χ1) is 10.6. The Balaban J connectivity index is 1.77. The van der Waals surface area contributed by atoms with Crippen molar-refractivity contribution in [3.8, 4) is 0 Å². The Hall–Kier alpha value is -2.00. The Morgan fingerprint density at radius 2 is 1.77 bits per heavy atom. The summed E-state index contributed by atoms with van der Waals surface area (Å²) in [5.74, 6) is -1.28. The van der Waals surface area contributed by atoms with Gasteiger partial charge in [0.05, 0.1) is 5.92 Å². The van der Waals surface area contributed by atoms with E-state index in [-0.39, 0.29) is 0 Å². The molecule has 0 aliphatic heterocycles. The summed E-state index contributed by atoms with van der Waals surface area (Å²) in [6.07, 6.45) is 2.02. The number of aliphatic carboxylic acids is 1. The van der Waals surface area contributed by atoms with Crippen LogP contribution in [0.3, 0.4) is 0 Å². The van der Waals surface area contributed by atoms with Crippen LogP contribution >= 0.6 is 11.6 Å². The number of carbonyl (C=O) groups is 1. The van der Waals surface area contributed by atoms with Crippen LogP contribution in [0.15, 0.2) is 48.5 Å². The van der Waals surface area contributed by atoms with Crippen LogP contribution in [-0.2, 0) is 11.2 Å². The minimum atomic E-state index is -0.802. The fourth-order valence-electron chi connectivity index (χ4n) is 2.21. The third-order valence-electron chi connectivity index (χ3n) is 3.67. The molecule has 0 saturated carbocycles. The van der Waals surface area contributed by atoms with Gasteiger partial charge >= 0.3 is 5.97 Å². The molecule has 0 aromatic heterocycles. The number of rotatable bonds is 7. The molecule has 3 nitrogen and oxygen atoms in total. The summed E-state index contributed by atoms with van der Waals surface area (Å²) in [7, 11) is 0. The molecule has 116 valence electrons. The van der Waals surface area contributed by atoms with Gasteiger partial charge in [0, 0.05) is 17.3 Å². The number of halogens is 1. The average Bonchev–Trinajstić information content (AvgIpc) is 2.53. The van der Waals surface area contributed by atoms with E-state index in [0.717, 1.165) is 35.7 Å². The van der Waals surface area contributed by atoms with Gasteiger partial charge in [-0.2, -0.15) is 0 Å². The number of aryl methyl sites for hydroxylation is 1. The topological polar surface area (TPSA) is 49.3 Å². The normalized spacial score (nSPS) is 11.9. The summed E-state index contributed by atoms with van der Waals surface area (Å²) in [6, 6.07) is 15.5. The summed E-state index contributed by atoms with van der Waals surface area (Å²) in [4.78, 5) is 10.9. The fraction of sp³-hybridized carbons (Fsp3) is 0.278. The van der Waals surface area contributed by atoms with Crippen LogP contribution in [0.1, 0.15) is 30.4 Å². The van der Waals surface area contributed by atoms with Crippen molar-refractivity contribution in [2.45, 2.75) is 25.7 Å². The molecule has 2 aromatic rings. The van der Waals surface area contributed by atoms with Crippen molar-refractivity contribution in [2.24, 2.45) is 0 Å². The molecule has 4 heteroatoms. The van der Waals surface area contributed by atoms with Gasteiger partial charge in [-0.1, -0.05) is 35.9 Å². The molecule has 2 rings (SSSR count). The molecule has 0 spiro atoms. The molecule has 0 amide bonds. The maximum absolute atomic E-state index is 10.9. The molecule has 0 bridgehead atoms. The predicted octanol–water partition coefficient (Wildman–Crippen LogP) is 4.57. The van der Waals surface area contributed by atoms with Gasteiger partial charge in [-0.15, -0.1) is 0 Å². The van der Waals surface area contributed by atoms with Gasteiger partial charge in [0.2, 0.25) is 0 Å². The Morgan fingerprint density at radius 1 is 1.14 bits per heavy atom. The van der Waals surface area contributed by atoms with Gasteiger partial charge in [-0.3, -0.25) is 4.79 Å². The summed E-state index contributed by atoms with van der Waals surface area (Å²) in [6.45, 7) is 2.56. The second-order valence-electron chi connectivity index (χ2n) is 5.34. The number of hydrogen-bond donors (Lipinski definition) is 2. The Kier molecular flexibility index (Phi) is 5.84. The second kappa shape index (κ2) is 7.85. The first-order valence-electron chi connectivity index (χ1n) is 7.37. The van der Waals surface area contributed by atoms with Gasteiger partial charge in [-0.25, -0.2) is 0 Å². The van der Waals surface area contributed by atoms with Gasteiger partial charge in [0.15, 0.2) is 0 Å². The first kappa shape index (κ1) is 16.4. The van der Waals surface area contributed by atoms with E-state index in [1.165, 1.54) is 5.56 Å². The van der Waals surface area contributed by atoms with Crippen LogP contribution in [-0.4, -0.2) is 17.6 Å². The molecule has 22 heavy (non-hydrogen) atoms. The summed E-state index contributed by atoms with van der Waals surface area (Å²) < 4.78 is 0. The van der Waals surface area contributed by atoms with Crippen molar-refractivity contribution in [1.82, 2.24) is 0 Å². The van der Waals surface area contributed by atoms with Crippen molar-refractivity contribution < 1.29 is 9.90 Å². The molecule has 0 aliphatic rings. The lowest BCUT2D eigenvalue weighted by molar-refractivity contribution is -0.138. The lowest BCUT2D eigenvalue weighted by Crippen LogP contribution is -2.07. The van der Waals surface area contributed by atoms with E-state index in [0.29, 0.717) is 0 Å². The SMILES string of the molecule is C[C@H](C(=O)O)c1ccc(NCCCc2ccc(Cl)cc2)cc1. The minimum absolute atomic E-state index is 0.473. The van der Waals surface area contributed by atoms with E-state index in [1.54, 1.807) is 6.92 Å². The van der Waals surface area contributed by atoms with Gasteiger partial charge < -0.3 is 10.4 Å². The van der Waals surface area contributed by atoms with Crippen LogP contribution in [0.4, 0.5) is 5.69 Å². The first-order valence-corrected chi connectivity index (χ1v) is 7.75. The number of benzene rings is 2. The molecule has 0 heterocycles. The molecule has 0 aliphatic carbocycles. The van der Waals surface area contributed by atoms with Crippen LogP contribution in [0.25, 0.3) is 0 Å². The summed E-state index contributed by atoms with van der Waals surface area (Å²) in [5, 5.41) is 13.1. The zero-order chi connectivity index (χ0) is 15.9. The molecule has 2 N–H and O–H groups in total. The molecule has 0 radical (unpaired) electrons. The number of nitrogens with one attached hydrogen (secondary N) is 1. The van der Waals surface area contributed by atoms with Crippen LogP contribution in [0.2, 0.25) is 5.02 Å². The highest BCUT2D eigenvalue weighted by Gasteiger charge is 2.12. The Morgan fingerprint density at radius 3 is 2.36 bits per heavy atom. The Labute approximate surface area is 135 Å². The minimum Gasteiger partial charge on any atom is -0.481 e. The van der Waals surface area contributed by atoms with E-state index >= 15 is 0 Å². The highest BCUT2D eigenvalue weighted by molar-refractivity contribution is 6.30. The highest BCUT2D eigenvalue weighted by atomic mass is 35.5. The van der Waals surface area contributed by atoms with Crippen molar-refractivity contribution >= 4 is 23.3 Å². The molecule has 0 unspecified atom stereocenters. The van der Waals surface area contributed by atoms with E-state index in [2.05, 4.69) is 5.32 Å². The highest BCUT2D eigenvalue weighted by Crippen LogP contribution is 2.18. The zero-order valence-corrected chi connectivity index (χ0v) is 13.3. The van der Waals surface area contributed by atoms with E-state index < -0.39 is 11.9 Å². The quantitative estimate of drug-likeness (QED) is 0.735. The Bertz CT molecular complexity index is 608. The maximum Gasteiger partial charge on any atom is 0.310 e. The monoisotopic (exact) mass is 317 g/mol. The fourth-order valence-corrected chi connectivity index (χ4v) is 2.33. The zero-order valence-electron chi connectivity index (χ0n) is 12.6. The van der Waals surface area contributed by atoms with Crippen molar-refractivity contribution in [3.63, 3.8) is 0 Å². The van der Waals surface area contributed by atoms with Crippen LogP contribution in [0, 0.1) is 0 Å².